The highest BCUT2D eigenvalue weighted by molar-refractivity contribution is 5.47. The van der Waals surface area contributed by atoms with Crippen LogP contribution in [0.15, 0.2) is 36.5 Å². The lowest BCUT2D eigenvalue weighted by Crippen LogP contribution is -2.07. The van der Waals surface area contributed by atoms with Crippen molar-refractivity contribution >= 4 is 5.82 Å². The average Bonchev–Trinajstić information content (AvgIpc) is 2.46. The zero-order valence-corrected chi connectivity index (χ0v) is 10.9. The summed E-state index contributed by atoms with van der Waals surface area (Å²) < 4.78 is 44.3. The summed E-state index contributed by atoms with van der Waals surface area (Å²) >= 11 is 0. The van der Waals surface area contributed by atoms with Gasteiger partial charge in [-0.3, -0.25) is 0 Å². The highest BCUT2D eigenvalue weighted by Gasteiger charge is 2.35. The van der Waals surface area contributed by atoms with Gasteiger partial charge in [-0.15, -0.1) is 0 Å². The number of pyridine rings is 1. The molecule has 0 unspecified atom stereocenters. The molecule has 108 valence electrons. The van der Waals surface area contributed by atoms with Crippen LogP contribution >= 0.6 is 0 Å². The minimum absolute atomic E-state index is 0.0830. The van der Waals surface area contributed by atoms with E-state index in [1.165, 1.54) is 24.4 Å². The number of ether oxygens (including phenoxy) is 1. The topological polar surface area (TPSA) is 57.9 Å². The van der Waals surface area contributed by atoms with E-state index in [-0.39, 0.29) is 17.1 Å². The first-order chi connectivity index (χ1) is 9.94. The fourth-order valence-electron chi connectivity index (χ4n) is 1.65. The first kappa shape index (κ1) is 14.7. The van der Waals surface area contributed by atoms with Gasteiger partial charge in [-0.1, -0.05) is 0 Å². The molecule has 0 saturated carbocycles. The molecule has 0 atom stereocenters. The van der Waals surface area contributed by atoms with Gasteiger partial charge < -0.3 is 10.1 Å². The third-order valence-electron chi connectivity index (χ3n) is 2.63. The summed E-state index contributed by atoms with van der Waals surface area (Å²) in [5.41, 5.74) is -1.08. The molecule has 7 heteroatoms. The number of hydrogen-bond donors (Lipinski definition) is 1. The van der Waals surface area contributed by atoms with Gasteiger partial charge in [0.15, 0.2) is 0 Å². The van der Waals surface area contributed by atoms with Crippen LogP contribution in [0.2, 0.25) is 0 Å². The fraction of sp³-hybridized carbons (Fsp3) is 0.143. The zero-order valence-electron chi connectivity index (χ0n) is 10.9. The maximum Gasteiger partial charge on any atom is 0.420 e. The van der Waals surface area contributed by atoms with Crippen molar-refractivity contribution in [3.63, 3.8) is 0 Å². The first-order valence-corrected chi connectivity index (χ1v) is 5.87. The standard InChI is InChI=1S/C14H10F3N3O/c1-19-13-7-10(4-5-20-13)21-12-3-2-9(8-18)6-11(12)14(15,16)17/h2-7H,1H3,(H,19,20). The number of anilines is 1. The van der Waals surface area contributed by atoms with E-state index in [0.29, 0.717) is 5.82 Å². The van der Waals surface area contributed by atoms with Crippen LogP contribution in [0, 0.1) is 11.3 Å². The largest absolute Gasteiger partial charge is 0.457 e. The molecule has 0 aliphatic heterocycles. The maximum atomic E-state index is 13.0. The average molecular weight is 293 g/mol. The maximum absolute atomic E-state index is 13.0. The molecular formula is C14H10F3N3O. The number of hydrogen-bond acceptors (Lipinski definition) is 4. The molecule has 21 heavy (non-hydrogen) atoms. The summed E-state index contributed by atoms with van der Waals surface area (Å²) in [6, 6.07) is 7.74. The fourth-order valence-corrected chi connectivity index (χ4v) is 1.65. The number of nitriles is 1. The number of aromatic nitrogens is 1. The van der Waals surface area contributed by atoms with Crippen molar-refractivity contribution in [2.24, 2.45) is 0 Å². The Morgan fingerprint density at radius 1 is 1.24 bits per heavy atom. The second-order valence-corrected chi connectivity index (χ2v) is 4.05. The van der Waals surface area contributed by atoms with E-state index in [2.05, 4.69) is 10.3 Å². The van der Waals surface area contributed by atoms with E-state index in [9.17, 15) is 13.2 Å². The van der Waals surface area contributed by atoms with Gasteiger partial charge in [-0.2, -0.15) is 18.4 Å². The van der Waals surface area contributed by atoms with Crippen molar-refractivity contribution in [3.8, 4) is 17.6 Å². The summed E-state index contributed by atoms with van der Waals surface area (Å²) in [5.74, 6) is 0.314. The first-order valence-electron chi connectivity index (χ1n) is 5.87. The molecule has 0 aliphatic rings. The Labute approximate surface area is 118 Å². The number of alkyl halides is 3. The van der Waals surface area contributed by atoms with E-state index in [1.54, 1.807) is 13.1 Å². The lowest BCUT2D eigenvalue weighted by Gasteiger charge is -2.14. The molecule has 0 radical (unpaired) electrons. The third-order valence-corrected chi connectivity index (χ3v) is 2.63. The smallest absolute Gasteiger partial charge is 0.420 e. The van der Waals surface area contributed by atoms with Gasteiger partial charge in [-0.25, -0.2) is 4.98 Å². The molecule has 2 rings (SSSR count). The molecule has 0 saturated heterocycles. The minimum atomic E-state index is -4.61. The molecule has 0 bridgehead atoms. The molecule has 0 aliphatic carbocycles. The summed E-state index contributed by atoms with van der Waals surface area (Å²) in [6.45, 7) is 0. The van der Waals surface area contributed by atoms with Gasteiger partial charge in [0.1, 0.15) is 17.3 Å². The number of nitrogens with zero attached hydrogens (tertiary/aromatic N) is 2. The summed E-state index contributed by atoms with van der Waals surface area (Å²) in [5, 5.41) is 11.5. The van der Waals surface area contributed by atoms with Gasteiger partial charge in [0.25, 0.3) is 0 Å². The second kappa shape index (κ2) is 5.71. The minimum Gasteiger partial charge on any atom is -0.457 e. The molecule has 1 aromatic heterocycles. The molecule has 0 spiro atoms. The summed E-state index contributed by atoms with van der Waals surface area (Å²) in [4.78, 5) is 3.94. The molecular weight excluding hydrogens is 283 g/mol. The molecule has 0 amide bonds. The third kappa shape index (κ3) is 3.42. The SMILES string of the molecule is CNc1cc(Oc2ccc(C#N)cc2C(F)(F)F)ccn1. The van der Waals surface area contributed by atoms with Gasteiger partial charge in [0.2, 0.25) is 0 Å². The Kier molecular flexibility index (Phi) is 3.98. The normalized spacial score (nSPS) is 10.8. The summed E-state index contributed by atoms with van der Waals surface area (Å²) in [6.07, 6.45) is -3.20. The lowest BCUT2D eigenvalue weighted by atomic mass is 10.1. The zero-order chi connectivity index (χ0) is 15.5. The number of nitrogens with one attached hydrogen (secondary N) is 1. The molecule has 1 heterocycles. The quantitative estimate of drug-likeness (QED) is 0.935. The number of halogens is 3. The van der Waals surface area contributed by atoms with Crippen LogP contribution in [0.1, 0.15) is 11.1 Å². The van der Waals surface area contributed by atoms with Crippen LogP contribution in [0.4, 0.5) is 19.0 Å². The van der Waals surface area contributed by atoms with E-state index in [1.807, 2.05) is 0 Å². The Morgan fingerprint density at radius 2 is 2.00 bits per heavy atom. The van der Waals surface area contributed by atoms with Crippen LogP contribution in [-0.4, -0.2) is 12.0 Å². The Balaban J connectivity index is 2.42. The highest BCUT2D eigenvalue weighted by atomic mass is 19.4. The Bertz CT molecular complexity index is 693. The Morgan fingerprint density at radius 3 is 2.62 bits per heavy atom. The predicted octanol–water partition coefficient (Wildman–Crippen LogP) is 3.81. The van der Waals surface area contributed by atoms with Crippen LogP contribution < -0.4 is 10.1 Å². The van der Waals surface area contributed by atoms with Crippen molar-refractivity contribution < 1.29 is 17.9 Å². The van der Waals surface area contributed by atoms with Crippen molar-refractivity contribution in [1.82, 2.24) is 4.98 Å². The molecule has 0 fully saturated rings. The van der Waals surface area contributed by atoms with Gasteiger partial charge in [-0.05, 0) is 24.3 Å². The summed E-state index contributed by atoms with van der Waals surface area (Å²) in [7, 11) is 1.63. The van der Waals surface area contributed by atoms with Crippen LogP contribution in [0.3, 0.4) is 0 Å². The number of benzene rings is 1. The van der Waals surface area contributed by atoms with E-state index in [0.717, 1.165) is 12.1 Å². The van der Waals surface area contributed by atoms with Crippen LogP contribution in [-0.2, 0) is 6.18 Å². The van der Waals surface area contributed by atoms with Crippen LogP contribution in [0.25, 0.3) is 0 Å². The van der Waals surface area contributed by atoms with Crippen LogP contribution in [0.5, 0.6) is 11.5 Å². The number of rotatable bonds is 3. The van der Waals surface area contributed by atoms with Crippen molar-refractivity contribution in [2.45, 2.75) is 6.18 Å². The molecule has 2 aromatic rings. The monoisotopic (exact) mass is 293 g/mol. The molecule has 1 aromatic carbocycles. The van der Waals surface area contributed by atoms with Gasteiger partial charge in [0.05, 0.1) is 17.2 Å². The molecule has 4 nitrogen and oxygen atoms in total. The lowest BCUT2D eigenvalue weighted by molar-refractivity contribution is -0.138. The van der Waals surface area contributed by atoms with Crippen molar-refractivity contribution in [1.29, 1.82) is 5.26 Å². The molecule has 1 N–H and O–H groups in total. The van der Waals surface area contributed by atoms with Crippen molar-refractivity contribution in [3.05, 3.63) is 47.7 Å². The van der Waals surface area contributed by atoms with Gasteiger partial charge >= 0.3 is 6.18 Å². The Hall–Kier alpha value is -2.75. The van der Waals surface area contributed by atoms with Crippen molar-refractivity contribution in [2.75, 3.05) is 12.4 Å². The van der Waals surface area contributed by atoms with E-state index in [4.69, 9.17) is 10.00 Å². The van der Waals surface area contributed by atoms with E-state index >= 15 is 0 Å². The second-order valence-electron chi connectivity index (χ2n) is 4.05. The predicted molar refractivity (Wildman–Crippen MR) is 70.0 cm³/mol. The van der Waals surface area contributed by atoms with Gasteiger partial charge in [0, 0.05) is 19.3 Å². The van der Waals surface area contributed by atoms with E-state index < -0.39 is 11.7 Å². The highest BCUT2D eigenvalue weighted by Crippen LogP contribution is 2.38.